The molecule has 0 aliphatic heterocycles. The van der Waals surface area contributed by atoms with Crippen molar-refractivity contribution < 1.29 is 23.0 Å². The summed E-state index contributed by atoms with van der Waals surface area (Å²) in [4.78, 5) is 10.8. The Labute approximate surface area is 132 Å². The van der Waals surface area contributed by atoms with Crippen LogP contribution in [-0.4, -0.2) is 20.0 Å². The second-order valence-corrected chi connectivity index (χ2v) is 4.95. The van der Waals surface area contributed by atoms with Crippen molar-refractivity contribution in [1.82, 2.24) is 0 Å². The summed E-state index contributed by atoms with van der Waals surface area (Å²) in [5.41, 5.74) is 8.84. The van der Waals surface area contributed by atoms with Crippen molar-refractivity contribution in [3.63, 3.8) is 0 Å². The highest BCUT2D eigenvalue weighted by atomic mass is 19.3. The van der Waals surface area contributed by atoms with Gasteiger partial charge in [0.2, 0.25) is 0 Å². The molecule has 0 amide bonds. The first-order chi connectivity index (χ1) is 11.0. The van der Waals surface area contributed by atoms with E-state index in [4.69, 9.17) is 10.5 Å². The Balaban J connectivity index is 2.67. The van der Waals surface area contributed by atoms with Gasteiger partial charge in [-0.25, -0.2) is 0 Å². The molecule has 0 spiro atoms. The molecule has 0 aromatic heterocycles. The average molecular weight is 321 g/mol. The lowest BCUT2D eigenvalue weighted by molar-refractivity contribution is -0.107. The summed E-state index contributed by atoms with van der Waals surface area (Å²) in [7, 11) is 1.45. The Hall–Kier alpha value is -2.63. The highest BCUT2D eigenvalue weighted by Crippen LogP contribution is 2.40. The molecule has 6 heteroatoms. The number of carbonyl (C=O) groups excluding carboxylic acids is 1. The van der Waals surface area contributed by atoms with E-state index in [0.29, 0.717) is 28.1 Å². The lowest BCUT2D eigenvalue weighted by atomic mass is 9.96. The molecule has 0 atom stereocenters. The summed E-state index contributed by atoms with van der Waals surface area (Å²) in [6.07, 6.45) is 0.883. The molecule has 2 N–H and O–H groups in total. The molecule has 0 unspecified atom stereocenters. The fourth-order valence-corrected chi connectivity index (χ4v) is 2.43. The molecular weight excluding hydrogens is 304 g/mol. The minimum atomic E-state index is -2.95. The molecule has 4 nitrogen and oxygen atoms in total. The number of alkyl halides is 2. The largest absolute Gasteiger partial charge is 0.496 e. The summed E-state index contributed by atoms with van der Waals surface area (Å²) in [5.74, 6) is 0.393. The fraction of sp³-hybridized carbons (Fsp3) is 0.235. The number of rotatable bonds is 6. The lowest BCUT2D eigenvalue weighted by Crippen LogP contribution is -2.05. The molecule has 2 aromatic rings. The van der Waals surface area contributed by atoms with Crippen LogP contribution in [0.25, 0.3) is 11.1 Å². The number of halogens is 2. The van der Waals surface area contributed by atoms with Gasteiger partial charge in [-0.15, -0.1) is 0 Å². The molecule has 0 bridgehead atoms. The summed E-state index contributed by atoms with van der Waals surface area (Å²) in [6.45, 7) is -1.17. The third-order valence-electron chi connectivity index (χ3n) is 3.49. The van der Waals surface area contributed by atoms with E-state index in [0.717, 1.165) is 11.8 Å². The van der Waals surface area contributed by atoms with Crippen molar-refractivity contribution in [3.8, 4) is 22.6 Å². The summed E-state index contributed by atoms with van der Waals surface area (Å²) >= 11 is 0. The Morgan fingerprint density at radius 3 is 2.57 bits per heavy atom. The van der Waals surface area contributed by atoms with Gasteiger partial charge >= 0.3 is 6.61 Å². The Kier molecular flexibility index (Phi) is 5.16. The van der Waals surface area contributed by atoms with E-state index in [1.807, 2.05) is 0 Å². The van der Waals surface area contributed by atoms with Gasteiger partial charge in [-0.3, -0.25) is 0 Å². The molecule has 0 radical (unpaired) electrons. The lowest BCUT2D eigenvalue weighted by Gasteiger charge is -2.17. The van der Waals surface area contributed by atoms with Crippen LogP contribution < -0.4 is 15.2 Å². The zero-order valence-corrected chi connectivity index (χ0v) is 12.8. The van der Waals surface area contributed by atoms with Crippen LogP contribution in [0.5, 0.6) is 11.5 Å². The van der Waals surface area contributed by atoms with E-state index >= 15 is 0 Å². The monoisotopic (exact) mass is 321 g/mol. The van der Waals surface area contributed by atoms with Crippen molar-refractivity contribution in [2.24, 2.45) is 0 Å². The van der Waals surface area contributed by atoms with Crippen LogP contribution in [-0.2, 0) is 11.2 Å². The minimum Gasteiger partial charge on any atom is -0.496 e. The summed E-state index contributed by atoms with van der Waals surface area (Å²) in [5, 5.41) is 0. The number of anilines is 1. The van der Waals surface area contributed by atoms with Crippen molar-refractivity contribution in [2.45, 2.75) is 20.0 Å². The van der Waals surface area contributed by atoms with Crippen molar-refractivity contribution in [1.29, 1.82) is 0 Å². The SMILES string of the molecule is COc1cccc(OC(F)F)c1-c1cc(C)c(N)c(CC=O)c1. The smallest absolute Gasteiger partial charge is 0.387 e. The first-order valence-corrected chi connectivity index (χ1v) is 6.92. The zero-order chi connectivity index (χ0) is 17.0. The third-order valence-corrected chi connectivity index (χ3v) is 3.49. The van der Waals surface area contributed by atoms with Gasteiger partial charge in [-0.1, -0.05) is 6.07 Å². The van der Waals surface area contributed by atoms with Crippen molar-refractivity contribution in [3.05, 3.63) is 41.5 Å². The Morgan fingerprint density at radius 1 is 1.26 bits per heavy atom. The first kappa shape index (κ1) is 16.7. The van der Waals surface area contributed by atoms with Crippen molar-refractivity contribution >= 4 is 12.0 Å². The second kappa shape index (κ2) is 7.09. The highest BCUT2D eigenvalue weighted by molar-refractivity contribution is 5.80. The maximum absolute atomic E-state index is 12.7. The van der Waals surface area contributed by atoms with Crippen LogP contribution in [0.4, 0.5) is 14.5 Å². The number of ether oxygens (including phenoxy) is 2. The maximum atomic E-state index is 12.7. The molecule has 0 saturated carbocycles. The predicted molar refractivity (Wildman–Crippen MR) is 84.0 cm³/mol. The topological polar surface area (TPSA) is 61.6 Å². The molecule has 0 fully saturated rings. The normalized spacial score (nSPS) is 10.7. The van der Waals surface area contributed by atoms with Gasteiger partial charge in [0.05, 0.1) is 12.7 Å². The highest BCUT2D eigenvalue weighted by Gasteiger charge is 2.18. The number of nitrogen functional groups attached to an aromatic ring is 1. The molecular formula is C17H17F2NO3. The van der Waals surface area contributed by atoms with Gasteiger partial charge in [0.1, 0.15) is 17.8 Å². The number of aryl methyl sites for hydroxylation is 1. The van der Waals surface area contributed by atoms with Gasteiger partial charge in [0, 0.05) is 12.1 Å². The van der Waals surface area contributed by atoms with Gasteiger partial charge in [0.25, 0.3) is 0 Å². The summed E-state index contributed by atoms with van der Waals surface area (Å²) in [6, 6.07) is 8.09. The molecule has 0 aliphatic rings. The van der Waals surface area contributed by atoms with E-state index in [1.54, 1.807) is 31.2 Å². The molecule has 2 aromatic carbocycles. The number of hydrogen-bond acceptors (Lipinski definition) is 4. The van der Waals surface area contributed by atoms with Crippen LogP contribution in [0.1, 0.15) is 11.1 Å². The number of aldehydes is 1. The summed E-state index contributed by atoms with van der Waals surface area (Å²) < 4.78 is 35.2. The van der Waals surface area contributed by atoms with Gasteiger partial charge in [-0.2, -0.15) is 8.78 Å². The van der Waals surface area contributed by atoms with Crippen molar-refractivity contribution in [2.75, 3.05) is 12.8 Å². The maximum Gasteiger partial charge on any atom is 0.387 e. The van der Waals surface area contributed by atoms with Crippen LogP contribution in [0.15, 0.2) is 30.3 Å². The van der Waals surface area contributed by atoms with Crippen LogP contribution in [0.2, 0.25) is 0 Å². The molecule has 23 heavy (non-hydrogen) atoms. The van der Waals surface area contributed by atoms with E-state index in [2.05, 4.69) is 4.74 Å². The van der Waals surface area contributed by atoms with E-state index < -0.39 is 6.61 Å². The number of methoxy groups -OCH3 is 1. The van der Waals surface area contributed by atoms with E-state index in [-0.39, 0.29) is 12.2 Å². The molecule has 0 heterocycles. The number of nitrogens with two attached hydrogens (primary N) is 1. The average Bonchev–Trinajstić information content (AvgIpc) is 2.51. The fourth-order valence-electron chi connectivity index (χ4n) is 2.43. The Morgan fingerprint density at radius 2 is 1.96 bits per heavy atom. The number of benzene rings is 2. The first-order valence-electron chi connectivity index (χ1n) is 6.92. The molecule has 0 aliphatic carbocycles. The molecule has 2 rings (SSSR count). The molecule has 0 saturated heterocycles. The number of carbonyl (C=O) groups is 1. The second-order valence-electron chi connectivity index (χ2n) is 4.95. The van der Waals surface area contributed by atoms with Crippen LogP contribution in [0, 0.1) is 6.92 Å². The minimum absolute atomic E-state index is 0.000532. The molecule has 122 valence electrons. The van der Waals surface area contributed by atoms with E-state index in [1.165, 1.54) is 13.2 Å². The zero-order valence-electron chi connectivity index (χ0n) is 12.8. The number of hydrogen-bond donors (Lipinski definition) is 1. The van der Waals surface area contributed by atoms with Gasteiger partial charge < -0.3 is 20.0 Å². The quantitative estimate of drug-likeness (QED) is 0.652. The standard InChI is InChI=1S/C17H17F2NO3/c1-10-8-12(9-11(6-7-21)16(10)20)15-13(22-2)4-3-5-14(15)23-17(18)19/h3-5,7-9,17H,6,20H2,1-2H3. The van der Waals surface area contributed by atoms with Gasteiger partial charge in [0.15, 0.2) is 0 Å². The Bertz CT molecular complexity index is 717. The van der Waals surface area contributed by atoms with Crippen LogP contribution >= 0.6 is 0 Å². The third kappa shape index (κ3) is 3.59. The predicted octanol–water partition coefficient (Wildman–Crippen LogP) is 3.60. The van der Waals surface area contributed by atoms with E-state index in [9.17, 15) is 13.6 Å². The van der Waals surface area contributed by atoms with Gasteiger partial charge in [-0.05, 0) is 47.9 Å². The van der Waals surface area contributed by atoms with Crippen LogP contribution in [0.3, 0.4) is 0 Å².